The van der Waals surface area contributed by atoms with Crippen LogP contribution < -0.4 is 21.3 Å². The number of hydrogen-bond donors (Lipinski definition) is 4. The standard InChI is InChI=1S/C31H53N5O7/c1-9-10-12-22(33-29(41)25-13-11-14-36(25)30(42)20(6)32-21(7)37)27(39)35-24(16-19(4)5)28(40)34-23(15-18(2)3)26(38)31(8)17-43-31/h18-20,22-25H,9-17H2,1-8H3,(H,32,37)(H,33,41)(H,34,40)(H,35,39)/t20-,22-,23+,24-,25-,31?/m0/s1. The highest BCUT2D eigenvalue weighted by Gasteiger charge is 2.50. The summed E-state index contributed by atoms with van der Waals surface area (Å²) in [5.74, 6) is -2.05. The topological polar surface area (TPSA) is 166 Å². The van der Waals surface area contributed by atoms with Gasteiger partial charge in [0.25, 0.3) is 0 Å². The molecule has 0 aromatic rings. The largest absolute Gasteiger partial charge is 0.361 e. The Labute approximate surface area is 256 Å². The third-order valence-electron chi connectivity index (χ3n) is 7.89. The fraction of sp³-hybridized carbons (Fsp3) is 0.806. The SMILES string of the molecule is CCCC[C@H](NC(=O)[C@@H]1CCCN1C(=O)[C@H](C)NC(C)=O)C(=O)N[C@@H](CC(C)C)C(=O)N[C@H](CC(C)C)C(=O)C1(C)CO1. The number of rotatable bonds is 17. The van der Waals surface area contributed by atoms with E-state index >= 15 is 0 Å². The number of hydrogen-bond acceptors (Lipinski definition) is 7. The van der Waals surface area contributed by atoms with Crippen LogP contribution in [0.4, 0.5) is 0 Å². The molecule has 0 spiro atoms. The minimum atomic E-state index is -0.910. The molecule has 0 saturated carbocycles. The maximum absolute atomic E-state index is 13.6. The number of Topliss-reactive ketones (excluding diaryl/α,β-unsaturated/α-hetero) is 1. The number of likely N-dealkylation sites (tertiary alicyclic amines) is 1. The van der Waals surface area contributed by atoms with Crippen molar-refractivity contribution in [3.05, 3.63) is 0 Å². The molecule has 0 aromatic carbocycles. The lowest BCUT2D eigenvalue weighted by Gasteiger charge is -2.29. The molecule has 1 unspecified atom stereocenters. The quantitative estimate of drug-likeness (QED) is 0.182. The number of amides is 5. The minimum absolute atomic E-state index is 0.0620. The molecule has 0 aromatic heterocycles. The number of ether oxygens (including phenoxy) is 1. The zero-order chi connectivity index (χ0) is 32.5. The summed E-state index contributed by atoms with van der Waals surface area (Å²) in [6.45, 7) is 15.1. The molecule has 0 aliphatic carbocycles. The molecule has 12 heteroatoms. The van der Waals surface area contributed by atoms with E-state index in [-0.39, 0.29) is 29.4 Å². The Kier molecular flexibility index (Phi) is 13.6. The van der Waals surface area contributed by atoms with Gasteiger partial charge in [-0.1, -0.05) is 47.5 Å². The number of carbonyl (C=O) groups is 6. The van der Waals surface area contributed by atoms with Crippen molar-refractivity contribution < 1.29 is 33.5 Å². The number of nitrogens with zero attached hydrogens (tertiary/aromatic N) is 1. The first-order valence-corrected chi connectivity index (χ1v) is 15.8. The van der Waals surface area contributed by atoms with Crippen LogP contribution in [0, 0.1) is 11.8 Å². The van der Waals surface area contributed by atoms with Crippen molar-refractivity contribution >= 4 is 35.3 Å². The zero-order valence-corrected chi connectivity index (χ0v) is 27.2. The Morgan fingerprint density at radius 1 is 0.860 bits per heavy atom. The van der Waals surface area contributed by atoms with Crippen molar-refractivity contribution in [1.82, 2.24) is 26.2 Å². The van der Waals surface area contributed by atoms with E-state index in [9.17, 15) is 28.8 Å². The third-order valence-corrected chi connectivity index (χ3v) is 7.89. The second-order valence-corrected chi connectivity index (χ2v) is 13.1. The van der Waals surface area contributed by atoms with Gasteiger partial charge in [0.15, 0.2) is 5.78 Å². The van der Waals surface area contributed by atoms with Crippen molar-refractivity contribution in [1.29, 1.82) is 0 Å². The molecule has 2 saturated heterocycles. The van der Waals surface area contributed by atoms with Crippen molar-refractivity contribution in [2.24, 2.45) is 11.8 Å². The van der Waals surface area contributed by atoms with E-state index < -0.39 is 53.5 Å². The van der Waals surface area contributed by atoms with E-state index in [1.807, 2.05) is 34.6 Å². The second kappa shape index (κ2) is 16.2. The molecule has 43 heavy (non-hydrogen) atoms. The molecule has 2 aliphatic rings. The number of epoxide rings is 1. The maximum Gasteiger partial charge on any atom is 0.245 e. The van der Waals surface area contributed by atoms with E-state index in [1.54, 1.807) is 13.8 Å². The molecule has 244 valence electrons. The molecule has 0 bridgehead atoms. The van der Waals surface area contributed by atoms with Crippen LogP contribution >= 0.6 is 0 Å². The molecular formula is C31H53N5O7. The van der Waals surface area contributed by atoms with Crippen molar-refractivity contribution in [3.8, 4) is 0 Å². The first-order valence-electron chi connectivity index (χ1n) is 15.8. The second-order valence-electron chi connectivity index (χ2n) is 13.1. The molecule has 2 rings (SSSR count). The molecule has 2 aliphatic heterocycles. The van der Waals surface area contributed by atoms with Crippen LogP contribution in [-0.4, -0.2) is 89.2 Å². The summed E-state index contributed by atoms with van der Waals surface area (Å²) in [4.78, 5) is 79.4. The Morgan fingerprint density at radius 2 is 1.42 bits per heavy atom. The van der Waals surface area contributed by atoms with Crippen LogP contribution in [0.3, 0.4) is 0 Å². The number of nitrogens with one attached hydrogen (secondary N) is 4. The van der Waals surface area contributed by atoms with Gasteiger partial charge in [0.05, 0.1) is 12.6 Å². The lowest BCUT2D eigenvalue weighted by molar-refractivity contribution is -0.141. The fourth-order valence-corrected chi connectivity index (χ4v) is 5.43. The molecule has 6 atom stereocenters. The van der Waals surface area contributed by atoms with E-state index in [4.69, 9.17) is 4.74 Å². The molecule has 12 nitrogen and oxygen atoms in total. The smallest absolute Gasteiger partial charge is 0.245 e. The summed E-state index contributed by atoms with van der Waals surface area (Å²) in [5, 5.41) is 11.1. The summed E-state index contributed by atoms with van der Waals surface area (Å²) in [6.07, 6.45) is 3.66. The summed E-state index contributed by atoms with van der Waals surface area (Å²) >= 11 is 0. The summed E-state index contributed by atoms with van der Waals surface area (Å²) < 4.78 is 5.34. The van der Waals surface area contributed by atoms with Gasteiger partial charge in [-0.2, -0.15) is 0 Å². The predicted molar refractivity (Wildman–Crippen MR) is 162 cm³/mol. The molecule has 2 fully saturated rings. The Hall–Kier alpha value is -3.02. The average Bonchev–Trinajstić information content (AvgIpc) is 3.47. The number of carbonyl (C=O) groups excluding carboxylic acids is 6. The monoisotopic (exact) mass is 607 g/mol. The van der Waals surface area contributed by atoms with Gasteiger partial charge in [-0.25, -0.2) is 0 Å². The molecule has 2 heterocycles. The normalized spacial score (nSPS) is 22.4. The molecular weight excluding hydrogens is 554 g/mol. The Bertz CT molecular complexity index is 1030. The highest BCUT2D eigenvalue weighted by molar-refractivity contribution is 5.99. The summed E-state index contributed by atoms with van der Waals surface area (Å²) in [7, 11) is 0. The van der Waals surface area contributed by atoms with Gasteiger partial charge >= 0.3 is 0 Å². The lowest BCUT2D eigenvalue weighted by Crippen LogP contribution is -2.58. The highest BCUT2D eigenvalue weighted by atomic mass is 16.6. The fourth-order valence-electron chi connectivity index (χ4n) is 5.43. The van der Waals surface area contributed by atoms with Crippen LogP contribution in [0.2, 0.25) is 0 Å². The van der Waals surface area contributed by atoms with Gasteiger partial charge in [-0.15, -0.1) is 0 Å². The van der Waals surface area contributed by atoms with Gasteiger partial charge < -0.3 is 30.9 Å². The molecule has 0 radical (unpaired) electrons. The van der Waals surface area contributed by atoms with Crippen molar-refractivity contribution in [2.45, 2.75) is 136 Å². The Morgan fingerprint density at radius 3 is 1.95 bits per heavy atom. The first-order chi connectivity index (χ1) is 20.1. The zero-order valence-electron chi connectivity index (χ0n) is 27.2. The van der Waals surface area contributed by atoms with Gasteiger partial charge in [0.1, 0.15) is 29.8 Å². The van der Waals surface area contributed by atoms with Gasteiger partial charge in [0.2, 0.25) is 29.5 Å². The van der Waals surface area contributed by atoms with Gasteiger partial charge in [0, 0.05) is 13.5 Å². The van der Waals surface area contributed by atoms with Crippen LogP contribution in [-0.2, 0) is 33.5 Å². The van der Waals surface area contributed by atoms with E-state index in [0.717, 1.165) is 6.42 Å². The van der Waals surface area contributed by atoms with Crippen LogP contribution in [0.1, 0.15) is 100 Å². The van der Waals surface area contributed by atoms with Crippen LogP contribution in [0.25, 0.3) is 0 Å². The average molecular weight is 608 g/mol. The van der Waals surface area contributed by atoms with Gasteiger partial charge in [-0.3, -0.25) is 28.8 Å². The first kappa shape index (κ1) is 36.2. The van der Waals surface area contributed by atoms with Crippen LogP contribution in [0.15, 0.2) is 0 Å². The van der Waals surface area contributed by atoms with Crippen molar-refractivity contribution in [2.75, 3.05) is 13.2 Å². The van der Waals surface area contributed by atoms with E-state index in [2.05, 4.69) is 21.3 Å². The third kappa shape index (κ3) is 10.9. The van der Waals surface area contributed by atoms with E-state index in [1.165, 1.54) is 11.8 Å². The maximum atomic E-state index is 13.6. The Balaban J connectivity index is 2.17. The minimum Gasteiger partial charge on any atom is -0.361 e. The van der Waals surface area contributed by atoms with Crippen LogP contribution in [0.5, 0.6) is 0 Å². The lowest BCUT2D eigenvalue weighted by atomic mass is 9.92. The predicted octanol–water partition coefficient (Wildman–Crippen LogP) is 1.60. The number of unbranched alkanes of at least 4 members (excludes halogenated alkanes) is 1. The van der Waals surface area contributed by atoms with Crippen molar-refractivity contribution in [3.63, 3.8) is 0 Å². The molecule has 5 amide bonds. The van der Waals surface area contributed by atoms with Gasteiger partial charge in [-0.05, 0) is 57.8 Å². The highest BCUT2D eigenvalue weighted by Crippen LogP contribution is 2.29. The number of ketones is 1. The molecule has 4 N–H and O–H groups in total. The summed E-state index contributed by atoms with van der Waals surface area (Å²) in [5.41, 5.74) is -0.894. The van der Waals surface area contributed by atoms with E-state index in [0.29, 0.717) is 51.7 Å². The summed E-state index contributed by atoms with van der Waals surface area (Å²) in [6, 6.07) is -4.10.